The monoisotopic (exact) mass is 488 g/mol. The van der Waals surface area contributed by atoms with Gasteiger partial charge in [0.1, 0.15) is 16.4 Å². The molecule has 0 radical (unpaired) electrons. The van der Waals surface area contributed by atoms with E-state index < -0.39 is 15.9 Å². The molecule has 0 atom stereocenters. The van der Waals surface area contributed by atoms with Crippen LogP contribution < -0.4 is 14.8 Å². The highest BCUT2D eigenvalue weighted by molar-refractivity contribution is 7.89. The molecule has 33 heavy (non-hydrogen) atoms. The first-order valence-corrected chi connectivity index (χ1v) is 12.1. The number of rotatable bonds is 9. The van der Waals surface area contributed by atoms with E-state index in [9.17, 15) is 13.2 Å². The minimum absolute atomic E-state index is 0.0757. The Balaban J connectivity index is 1.95. The summed E-state index contributed by atoms with van der Waals surface area (Å²) in [6.07, 6.45) is 0. The van der Waals surface area contributed by atoms with E-state index >= 15 is 0 Å². The summed E-state index contributed by atoms with van der Waals surface area (Å²) in [6.45, 7) is 4.08. The van der Waals surface area contributed by atoms with Crippen LogP contribution in [0.4, 0.5) is 5.69 Å². The van der Waals surface area contributed by atoms with Crippen molar-refractivity contribution in [1.29, 1.82) is 0 Å². The van der Waals surface area contributed by atoms with E-state index in [0.717, 1.165) is 0 Å². The molecule has 0 spiro atoms. The molecule has 1 amide bonds. The van der Waals surface area contributed by atoms with E-state index in [1.165, 1.54) is 29.6 Å². The maximum atomic E-state index is 13.1. The summed E-state index contributed by atoms with van der Waals surface area (Å²) in [5.41, 5.74) is 0.493. The number of nitrogens with zero attached hydrogens (tertiary/aromatic N) is 1. The Kier molecular flexibility index (Phi) is 7.97. The zero-order valence-corrected chi connectivity index (χ0v) is 20.1. The number of carbonyl (C=O) groups is 1. The Morgan fingerprint density at radius 1 is 0.970 bits per heavy atom. The molecule has 0 aliphatic heterocycles. The zero-order chi connectivity index (χ0) is 24.0. The van der Waals surface area contributed by atoms with Gasteiger partial charge in [0.2, 0.25) is 10.0 Å². The molecule has 0 heterocycles. The van der Waals surface area contributed by atoms with Crippen molar-refractivity contribution in [3.8, 4) is 17.2 Å². The molecule has 0 aliphatic carbocycles. The Morgan fingerprint density at radius 2 is 1.64 bits per heavy atom. The van der Waals surface area contributed by atoms with Crippen molar-refractivity contribution >= 4 is 33.2 Å². The maximum absolute atomic E-state index is 13.1. The second kappa shape index (κ2) is 10.7. The van der Waals surface area contributed by atoms with Crippen molar-refractivity contribution in [3.05, 3.63) is 77.3 Å². The van der Waals surface area contributed by atoms with Gasteiger partial charge in [-0.3, -0.25) is 4.79 Å². The van der Waals surface area contributed by atoms with Crippen LogP contribution in [0.25, 0.3) is 0 Å². The number of halogens is 1. The number of nitrogens with one attached hydrogen (secondary N) is 1. The van der Waals surface area contributed by atoms with E-state index in [0.29, 0.717) is 35.3 Å². The van der Waals surface area contributed by atoms with Crippen molar-refractivity contribution in [2.24, 2.45) is 0 Å². The first-order valence-electron chi connectivity index (χ1n) is 10.3. The van der Waals surface area contributed by atoms with Gasteiger partial charge in [-0.1, -0.05) is 43.6 Å². The number of hydrogen-bond donors (Lipinski definition) is 1. The second-order valence-corrected chi connectivity index (χ2v) is 9.31. The number of para-hydroxylation sites is 1. The largest absolute Gasteiger partial charge is 0.495 e. The molecule has 174 valence electrons. The minimum atomic E-state index is -3.85. The van der Waals surface area contributed by atoms with Crippen molar-refractivity contribution < 1.29 is 22.7 Å². The quantitative estimate of drug-likeness (QED) is 0.434. The van der Waals surface area contributed by atoms with Crippen LogP contribution in [-0.2, 0) is 10.0 Å². The summed E-state index contributed by atoms with van der Waals surface area (Å²) < 4.78 is 38.6. The summed E-state index contributed by atoms with van der Waals surface area (Å²) in [5.74, 6) is 0.624. The van der Waals surface area contributed by atoms with E-state index in [-0.39, 0.29) is 16.2 Å². The van der Waals surface area contributed by atoms with E-state index in [1.54, 1.807) is 44.2 Å². The highest BCUT2D eigenvalue weighted by Crippen LogP contribution is 2.33. The normalized spacial score (nSPS) is 11.3. The second-order valence-electron chi connectivity index (χ2n) is 6.96. The SMILES string of the molecule is CCN(CC)S(=O)(=O)c1cc(C(=O)Nc2cc(Cl)ccc2Oc2ccccc2)ccc1OC. The van der Waals surface area contributed by atoms with Crippen LogP contribution in [0.5, 0.6) is 17.2 Å². The molecular weight excluding hydrogens is 464 g/mol. The first kappa shape index (κ1) is 24.6. The average molecular weight is 489 g/mol. The van der Waals surface area contributed by atoms with Crippen LogP contribution in [-0.4, -0.2) is 38.8 Å². The molecule has 3 aromatic rings. The standard InChI is InChI=1S/C24H25ClN2O5S/c1-4-27(5-2)33(29,30)23-15-17(11-13-22(23)31-3)24(28)26-20-16-18(25)12-14-21(20)32-19-9-7-6-8-10-19/h6-16H,4-5H2,1-3H3,(H,26,28). The van der Waals surface area contributed by atoms with Crippen LogP contribution in [0, 0.1) is 0 Å². The third-order valence-electron chi connectivity index (χ3n) is 4.91. The van der Waals surface area contributed by atoms with Crippen molar-refractivity contribution in [2.45, 2.75) is 18.7 Å². The number of ether oxygens (including phenoxy) is 2. The lowest BCUT2D eigenvalue weighted by Gasteiger charge is -2.20. The zero-order valence-electron chi connectivity index (χ0n) is 18.5. The third-order valence-corrected chi connectivity index (χ3v) is 7.22. The molecule has 1 N–H and O–H groups in total. The molecule has 7 nitrogen and oxygen atoms in total. The Labute approximate surface area is 198 Å². The first-order chi connectivity index (χ1) is 15.8. The lowest BCUT2D eigenvalue weighted by molar-refractivity contribution is 0.102. The van der Waals surface area contributed by atoms with Gasteiger partial charge in [0.25, 0.3) is 5.91 Å². The number of anilines is 1. The fourth-order valence-electron chi connectivity index (χ4n) is 3.22. The van der Waals surface area contributed by atoms with Crippen LogP contribution in [0.3, 0.4) is 0 Å². The van der Waals surface area contributed by atoms with Crippen molar-refractivity contribution in [1.82, 2.24) is 4.31 Å². The van der Waals surface area contributed by atoms with Gasteiger partial charge < -0.3 is 14.8 Å². The van der Waals surface area contributed by atoms with Gasteiger partial charge in [-0.25, -0.2) is 8.42 Å². The Hall–Kier alpha value is -3.07. The van der Waals surface area contributed by atoms with Crippen LogP contribution >= 0.6 is 11.6 Å². The lowest BCUT2D eigenvalue weighted by Crippen LogP contribution is -2.31. The van der Waals surface area contributed by atoms with Gasteiger partial charge in [0.15, 0.2) is 5.75 Å². The van der Waals surface area contributed by atoms with E-state index in [4.69, 9.17) is 21.1 Å². The molecule has 3 aromatic carbocycles. The molecule has 0 fully saturated rings. The lowest BCUT2D eigenvalue weighted by atomic mass is 10.2. The van der Waals surface area contributed by atoms with Gasteiger partial charge in [0.05, 0.1) is 12.8 Å². The van der Waals surface area contributed by atoms with Crippen molar-refractivity contribution in [3.63, 3.8) is 0 Å². The van der Waals surface area contributed by atoms with E-state index in [2.05, 4.69) is 5.32 Å². The predicted octanol–water partition coefficient (Wildman–Crippen LogP) is 5.42. The molecule has 0 saturated heterocycles. The molecule has 0 aromatic heterocycles. The summed E-state index contributed by atoms with van der Waals surface area (Å²) in [7, 11) is -2.46. The summed E-state index contributed by atoms with van der Waals surface area (Å²) in [5, 5.41) is 3.17. The molecule has 9 heteroatoms. The fourth-order valence-corrected chi connectivity index (χ4v) is 5.03. The molecule has 0 saturated carbocycles. The van der Waals surface area contributed by atoms with E-state index in [1.807, 2.05) is 18.2 Å². The molecule has 3 rings (SSSR count). The number of sulfonamides is 1. The number of carbonyl (C=O) groups excluding carboxylic acids is 1. The van der Waals surface area contributed by atoms with Crippen LogP contribution in [0.2, 0.25) is 5.02 Å². The summed E-state index contributed by atoms with van der Waals surface area (Å²) in [4.78, 5) is 13.0. The molecular formula is C24H25ClN2O5S. The minimum Gasteiger partial charge on any atom is -0.495 e. The van der Waals surface area contributed by atoms with Crippen LogP contribution in [0.1, 0.15) is 24.2 Å². The predicted molar refractivity (Wildman–Crippen MR) is 129 cm³/mol. The summed E-state index contributed by atoms with van der Waals surface area (Å²) in [6, 6.07) is 18.2. The summed E-state index contributed by atoms with van der Waals surface area (Å²) >= 11 is 6.13. The van der Waals surface area contributed by atoms with Gasteiger partial charge in [0, 0.05) is 23.7 Å². The van der Waals surface area contributed by atoms with Gasteiger partial charge in [-0.2, -0.15) is 4.31 Å². The van der Waals surface area contributed by atoms with Crippen LogP contribution in [0.15, 0.2) is 71.6 Å². The number of methoxy groups -OCH3 is 1. The highest BCUT2D eigenvalue weighted by Gasteiger charge is 2.27. The smallest absolute Gasteiger partial charge is 0.255 e. The maximum Gasteiger partial charge on any atom is 0.255 e. The molecule has 0 unspecified atom stereocenters. The molecule has 0 bridgehead atoms. The molecule has 0 aliphatic rings. The highest BCUT2D eigenvalue weighted by atomic mass is 35.5. The van der Waals surface area contributed by atoms with Gasteiger partial charge in [-0.15, -0.1) is 0 Å². The topological polar surface area (TPSA) is 84.9 Å². The van der Waals surface area contributed by atoms with Gasteiger partial charge >= 0.3 is 0 Å². The fraction of sp³-hybridized carbons (Fsp3) is 0.208. The van der Waals surface area contributed by atoms with Gasteiger partial charge in [-0.05, 0) is 48.5 Å². The number of benzene rings is 3. The average Bonchev–Trinajstić information content (AvgIpc) is 2.81. The third kappa shape index (κ3) is 5.65. The Morgan fingerprint density at radius 3 is 2.27 bits per heavy atom. The number of hydrogen-bond acceptors (Lipinski definition) is 5. The Bertz CT molecular complexity index is 1230. The number of amides is 1. The van der Waals surface area contributed by atoms with Crippen molar-refractivity contribution in [2.75, 3.05) is 25.5 Å².